The molecule has 0 radical (unpaired) electrons. The number of nitrogens with zero attached hydrogens (tertiary/aromatic N) is 1. The zero-order valence-electron chi connectivity index (χ0n) is 18.7. The molecule has 6 nitrogen and oxygen atoms in total. The zero-order valence-corrected chi connectivity index (χ0v) is 19.5. The largest absolute Gasteiger partial charge is 0.534 e. The number of hydrogen-bond donors (Lipinski definition) is 0. The molecule has 0 heterocycles. The number of amides is 1. The summed E-state index contributed by atoms with van der Waals surface area (Å²) in [4.78, 5) is 13.7. The molecule has 176 valence electrons. The molecule has 1 aliphatic rings. The van der Waals surface area contributed by atoms with Gasteiger partial charge in [-0.2, -0.15) is 21.6 Å². The molecule has 0 N–H and O–H groups in total. The number of fused-ring (bicyclic) bond motifs is 1. The van der Waals surface area contributed by atoms with Crippen LogP contribution in [0.1, 0.15) is 58.6 Å². The maximum Gasteiger partial charge on any atom is 0.534 e. The van der Waals surface area contributed by atoms with E-state index in [2.05, 4.69) is 4.18 Å². The normalized spacial score (nSPS) is 21.9. The number of carbonyl (C=O) groups is 1. The SMILES string of the molecule is C[C@@H]1CCc2ccc(OS(=O)(=O)C(F)(F)F)cc2[C@]1(C)CCN(C)C(=O)OC(C)(C)C. The van der Waals surface area contributed by atoms with Crippen LogP contribution in [0.25, 0.3) is 0 Å². The Balaban J connectivity index is 2.28. The van der Waals surface area contributed by atoms with E-state index in [0.717, 1.165) is 24.0 Å². The van der Waals surface area contributed by atoms with Crippen molar-refractivity contribution in [2.75, 3.05) is 13.6 Å². The third-order valence-corrected chi connectivity index (χ3v) is 6.77. The highest BCUT2D eigenvalue weighted by atomic mass is 32.2. The molecule has 2 atom stereocenters. The molecule has 31 heavy (non-hydrogen) atoms. The summed E-state index contributed by atoms with van der Waals surface area (Å²) in [6.07, 6.45) is 1.64. The number of carbonyl (C=O) groups excluding carboxylic acids is 1. The molecule has 0 saturated heterocycles. The molecule has 0 spiro atoms. The first-order valence-corrected chi connectivity index (χ1v) is 11.5. The molecule has 1 aliphatic carbocycles. The molecule has 1 aromatic carbocycles. The van der Waals surface area contributed by atoms with Crippen molar-refractivity contribution >= 4 is 16.2 Å². The van der Waals surface area contributed by atoms with Crippen molar-refractivity contribution in [1.82, 2.24) is 4.90 Å². The van der Waals surface area contributed by atoms with Crippen molar-refractivity contribution in [3.05, 3.63) is 29.3 Å². The summed E-state index contributed by atoms with van der Waals surface area (Å²) in [5, 5.41) is 0. The fraction of sp³-hybridized carbons (Fsp3) is 0.667. The van der Waals surface area contributed by atoms with Gasteiger partial charge in [-0.05, 0) is 74.6 Å². The van der Waals surface area contributed by atoms with E-state index in [0.29, 0.717) is 13.0 Å². The number of halogens is 3. The van der Waals surface area contributed by atoms with Crippen molar-refractivity contribution in [2.24, 2.45) is 5.92 Å². The first-order chi connectivity index (χ1) is 14.0. The van der Waals surface area contributed by atoms with Crippen molar-refractivity contribution in [1.29, 1.82) is 0 Å². The van der Waals surface area contributed by atoms with E-state index in [9.17, 15) is 26.4 Å². The van der Waals surface area contributed by atoms with Crippen LogP contribution < -0.4 is 4.18 Å². The van der Waals surface area contributed by atoms with E-state index in [1.54, 1.807) is 33.9 Å². The van der Waals surface area contributed by atoms with Gasteiger partial charge in [-0.15, -0.1) is 0 Å². The molecule has 1 amide bonds. The lowest BCUT2D eigenvalue weighted by atomic mass is 9.63. The Hall–Kier alpha value is -1.97. The highest BCUT2D eigenvalue weighted by Crippen LogP contribution is 2.45. The second kappa shape index (κ2) is 8.52. The minimum absolute atomic E-state index is 0.154. The molecular formula is C21H30F3NO5S. The second-order valence-electron chi connectivity index (χ2n) is 9.31. The molecule has 10 heteroatoms. The summed E-state index contributed by atoms with van der Waals surface area (Å²) in [7, 11) is -4.13. The quantitative estimate of drug-likeness (QED) is 0.451. The first-order valence-electron chi connectivity index (χ1n) is 10.0. The molecule has 0 fully saturated rings. The van der Waals surface area contributed by atoms with E-state index >= 15 is 0 Å². The van der Waals surface area contributed by atoms with Gasteiger partial charge in [0.05, 0.1) is 0 Å². The van der Waals surface area contributed by atoms with Crippen LogP contribution in [0.5, 0.6) is 5.75 Å². The lowest BCUT2D eigenvalue weighted by molar-refractivity contribution is -0.0500. The molecule has 1 aromatic rings. The van der Waals surface area contributed by atoms with E-state index < -0.39 is 32.7 Å². The van der Waals surface area contributed by atoms with Crippen molar-refractivity contribution in [3.63, 3.8) is 0 Å². The van der Waals surface area contributed by atoms with E-state index in [1.807, 2.05) is 13.8 Å². The van der Waals surface area contributed by atoms with Gasteiger partial charge in [-0.25, -0.2) is 4.79 Å². The lowest BCUT2D eigenvalue weighted by Crippen LogP contribution is -2.41. The Labute approximate surface area is 181 Å². The summed E-state index contributed by atoms with van der Waals surface area (Å²) in [5.74, 6) is -0.224. The number of benzene rings is 1. The third-order valence-electron chi connectivity index (χ3n) is 5.79. The monoisotopic (exact) mass is 465 g/mol. The minimum atomic E-state index is -5.75. The summed E-state index contributed by atoms with van der Waals surface area (Å²) < 4.78 is 70.7. The number of rotatable bonds is 5. The Morgan fingerprint density at radius 1 is 1.26 bits per heavy atom. The van der Waals surface area contributed by atoms with Crippen LogP contribution in [0.4, 0.5) is 18.0 Å². The summed E-state index contributed by atoms with van der Waals surface area (Å²) in [6.45, 7) is 9.69. The predicted molar refractivity (Wildman–Crippen MR) is 110 cm³/mol. The van der Waals surface area contributed by atoms with Crippen LogP contribution in [0.2, 0.25) is 0 Å². The van der Waals surface area contributed by atoms with Gasteiger partial charge in [-0.1, -0.05) is 19.9 Å². The van der Waals surface area contributed by atoms with Gasteiger partial charge in [-0.3, -0.25) is 0 Å². The van der Waals surface area contributed by atoms with Crippen LogP contribution in [-0.2, 0) is 26.7 Å². The minimum Gasteiger partial charge on any atom is -0.444 e. The highest BCUT2D eigenvalue weighted by Gasteiger charge is 2.49. The van der Waals surface area contributed by atoms with Crippen LogP contribution in [-0.4, -0.2) is 44.1 Å². The molecule has 0 aliphatic heterocycles. The molecular weight excluding hydrogens is 435 g/mol. The molecule has 2 rings (SSSR count). The number of ether oxygens (including phenoxy) is 1. The molecule has 0 bridgehead atoms. The number of hydrogen-bond acceptors (Lipinski definition) is 5. The number of alkyl halides is 3. The number of aryl methyl sites for hydroxylation is 1. The second-order valence-corrected chi connectivity index (χ2v) is 10.8. The summed E-state index contributed by atoms with van der Waals surface area (Å²) in [6, 6.07) is 4.23. The van der Waals surface area contributed by atoms with Gasteiger partial charge in [0.1, 0.15) is 11.4 Å². The Bertz CT molecular complexity index is 924. The van der Waals surface area contributed by atoms with Crippen molar-refractivity contribution in [2.45, 2.75) is 70.4 Å². The Kier molecular flexibility index (Phi) is 6.95. The average Bonchev–Trinajstić information content (AvgIpc) is 2.60. The molecule has 0 aromatic heterocycles. The standard InChI is InChI=1S/C21H30F3NO5S/c1-14-7-8-15-9-10-16(30-31(27,28)21(22,23)24)13-17(15)20(14,5)11-12-25(6)18(26)29-19(2,3)4/h9-10,13-14H,7-8,11-12H2,1-6H3/t14-,20-/m1/s1. The zero-order chi connectivity index (χ0) is 23.8. The highest BCUT2D eigenvalue weighted by molar-refractivity contribution is 7.88. The fourth-order valence-electron chi connectivity index (χ4n) is 3.70. The smallest absolute Gasteiger partial charge is 0.444 e. The van der Waals surface area contributed by atoms with E-state index in [4.69, 9.17) is 4.74 Å². The Morgan fingerprint density at radius 2 is 1.87 bits per heavy atom. The van der Waals surface area contributed by atoms with Crippen molar-refractivity contribution in [3.8, 4) is 5.75 Å². The lowest BCUT2D eigenvalue weighted by Gasteiger charge is -2.42. The maximum atomic E-state index is 12.7. The van der Waals surface area contributed by atoms with Gasteiger partial charge in [0.15, 0.2) is 0 Å². The third kappa shape index (κ3) is 5.84. The summed E-state index contributed by atoms with van der Waals surface area (Å²) in [5.41, 5.74) is -4.96. The predicted octanol–water partition coefficient (Wildman–Crippen LogP) is 5.01. The van der Waals surface area contributed by atoms with Gasteiger partial charge in [0, 0.05) is 13.6 Å². The van der Waals surface area contributed by atoms with Crippen LogP contribution in [0.15, 0.2) is 18.2 Å². The average molecular weight is 466 g/mol. The van der Waals surface area contributed by atoms with E-state index in [-0.39, 0.29) is 11.7 Å². The maximum absolute atomic E-state index is 12.7. The topological polar surface area (TPSA) is 72.9 Å². The van der Waals surface area contributed by atoms with E-state index in [1.165, 1.54) is 17.0 Å². The molecule has 0 unspecified atom stereocenters. The first kappa shape index (κ1) is 25.3. The van der Waals surface area contributed by atoms with Gasteiger partial charge in [0.2, 0.25) is 0 Å². The Morgan fingerprint density at radius 3 is 2.42 bits per heavy atom. The summed E-state index contributed by atoms with van der Waals surface area (Å²) >= 11 is 0. The van der Waals surface area contributed by atoms with Crippen LogP contribution in [0, 0.1) is 5.92 Å². The van der Waals surface area contributed by atoms with Crippen LogP contribution in [0.3, 0.4) is 0 Å². The van der Waals surface area contributed by atoms with Gasteiger partial charge in [0.25, 0.3) is 0 Å². The molecule has 0 saturated carbocycles. The van der Waals surface area contributed by atoms with Gasteiger partial charge < -0.3 is 13.8 Å². The van der Waals surface area contributed by atoms with Crippen LogP contribution >= 0.6 is 0 Å². The van der Waals surface area contributed by atoms with Gasteiger partial charge >= 0.3 is 21.7 Å². The fourth-order valence-corrected chi connectivity index (χ4v) is 4.15. The van der Waals surface area contributed by atoms with Crippen molar-refractivity contribution < 1.29 is 35.3 Å².